The molecule has 0 aliphatic heterocycles. The highest BCUT2D eigenvalue weighted by atomic mass is 15.0. The third kappa shape index (κ3) is 3.82. The number of aromatic nitrogens is 4. The second kappa shape index (κ2) is 8.93. The first-order valence-electron chi connectivity index (χ1n) is 12.7. The van der Waals surface area contributed by atoms with Crippen LogP contribution < -0.4 is 0 Å². The fraction of sp³-hybridized carbons (Fsp3) is 0.152. The normalized spacial score (nSPS) is 11.3. The fourth-order valence-corrected chi connectivity index (χ4v) is 5.73. The van der Waals surface area contributed by atoms with Crippen molar-refractivity contribution in [1.82, 2.24) is 19.5 Å². The number of hydrogen-bond acceptors (Lipinski definition) is 4. The Morgan fingerprint density at radius 1 is 0.684 bits per heavy atom. The van der Waals surface area contributed by atoms with E-state index >= 15 is 0 Å². The van der Waals surface area contributed by atoms with Crippen molar-refractivity contribution in [3.63, 3.8) is 0 Å². The van der Waals surface area contributed by atoms with Gasteiger partial charge in [-0.2, -0.15) is 5.26 Å². The summed E-state index contributed by atoms with van der Waals surface area (Å²) in [7, 11) is 0. The summed E-state index contributed by atoms with van der Waals surface area (Å²) in [4.78, 5) is 13.3. The van der Waals surface area contributed by atoms with Crippen molar-refractivity contribution in [1.29, 1.82) is 5.26 Å². The van der Waals surface area contributed by atoms with Gasteiger partial charge in [-0.25, -0.2) is 15.0 Å². The first-order valence-corrected chi connectivity index (χ1v) is 12.7. The predicted octanol–water partition coefficient (Wildman–Crippen LogP) is 7.72. The number of nitrogens with zero attached hydrogens (tertiary/aromatic N) is 5. The molecule has 0 amide bonds. The highest BCUT2D eigenvalue weighted by Crippen LogP contribution is 2.37. The van der Waals surface area contributed by atoms with Crippen LogP contribution in [0.25, 0.3) is 50.0 Å². The number of nitriles is 1. The topological polar surface area (TPSA) is 67.4 Å². The van der Waals surface area contributed by atoms with Gasteiger partial charge < -0.3 is 4.57 Å². The van der Waals surface area contributed by atoms with E-state index in [0.717, 1.165) is 16.7 Å². The molecule has 2 heterocycles. The molecule has 0 spiro atoms. The van der Waals surface area contributed by atoms with Gasteiger partial charge in [-0.05, 0) is 87.2 Å². The van der Waals surface area contributed by atoms with Gasteiger partial charge in [0.2, 0.25) is 0 Å². The minimum atomic E-state index is 0.521. The molecule has 2 aromatic heterocycles. The zero-order chi connectivity index (χ0) is 26.6. The maximum Gasteiger partial charge on any atom is 0.164 e. The Labute approximate surface area is 222 Å². The standard InChI is InChI=1S/C33H27N5/c1-19-14-20(2)32(21(3)15-19)24-10-12-29-28-8-6-7-9-30(28)38(31(29)17-24)26-11-13-27(25(16-26)18-34)33-36-22(4)35-23(5)37-33/h6-17H,1-5H3. The SMILES string of the molecule is Cc1cc(C)c(-c2ccc3c4ccccc4n(-c4ccc(-c5nc(C)nc(C)n5)c(C#N)c4)c3c2)c(C)c1. The summed E-state index contributed by atoms with van der Waals surface area (Å²) in [5.41, 5.74) is 10.6. The molecule has 6 rings (SSSR count). The molecule has 0 radical (unpaired) electrons. The van der Waals surface area contributed by atoms with E-state index in [9.17, 15) is 5.26 Å². The minimum absolute atomic E-state index is 0.521. The average Bonchev–Trinajstić information content (AvgIpc) is 3.21. The molecule has 4 aromatic carbocycles. The lowest BCUT2D eigenvalue weighted by atomic mass is 9.93. The zero-order valence-electron chi connectivity index (χ0n) is 22.2. The van der Waals surface area contributed by atoms with Gasteiger partial charge in [-0.1, -0.05) is 48.0 Å². The second-order valence-electron chi connectivity index (χ2n) is 9.95. The van der Waals surface area contributed by atoms with E-state index in [4.69, 9.17) is 0 Å². The fourth-order valence-electron chi connectivity index (χ4n) is 5.73. The van der Waals surface area contributed by atoms with Crippen LogP contribution in [-0.2, 0) is 0 Å². The molecule has 38 heavy (non-hydrogen) atoms. The molecule has 6 aromatic rings. The monoisotopic (exact) mass is 493 g/mol. The Morgan fingerprint density at radius 3 is 2.08 bits per heavy atom. The van der Waals surface area contributed by atoms with Crippen LogP contribution >= 0.6 is 0 Å². The van der Waals surface area contributed by atoms with Crippen LogP contribution in [-0.4, -0.2) is 19.5 Å². The van der Waals surface area contributed by atoms with Crippen molar-refractivity contribution in [2.24, 2.45) is 0 Å². The van der Waals surface area contributed by atoms with E-state index in [0.29, 0.717) is 28.6 Å². The number of aryl methyl sites for hydroxylation is 5. The number of benzene rings is 4. The number of rotatable bonds is 3. The van der Waals surface area contributed by atoms with Crippen molar-refractivity contribution in [2.75, 3.05) is 0 Å². The van der Waals surface area contributed by atoms with Crippen molar-refractivity contribution in [3.8, 4) is 34.3 Å². The Morgan fingerprint density at radius 2 is 1.37 bits per heavy atom. The summed E-state index contributed by atoms with van der Waals surface area (Å²) in [5, 5.41) is 12.5. The largest absolute Gasteiger partial charge is 0.309 e. The molecular formula is C33H27N5. The Hall–Kier alpha value is -4.82. The van der Waals surface area contributed by atoms with Crippen LogP contribution in [0.3, 0.4) is 0 Å². The number of fused-ring (bicyclic) bond motifs is 3. The first kappa shape index (κ1) is 23.6. The van der Waals surface area contributed by atoms with Crippen LogP contribution in [0.15, 0.2) is 72.8 Å². The van der Waals surface area contributed by atoms with Crippen LogP contribution in [0.4, 0.5) is 0 Å². The molecule has 0 saturated heterocycles. The van der Waals surface area contributed by atoms with E-state index in [-0.39, 0.29) is 0 Å². The molecule has 0 N–H and O–H groups in total. The predicted molar refractivity (Wildman–Crippen MR) is 153 cm³/mol. The van der Waals surface area contributed by atoms with Gasteiger partial charge >= 0.3 is 0 Å². The lowest BCUT2D eigenvalue weighted by molar-refractivity contribution is 0.928. The van der Waals surface area contributed by atoms with Crippen molar-refractivity contribution >= 4 is 21.8 Å². The minimum Gasteiger partial charge on any atom is -0.309 e. The summed E-state index contributed by atoms with van der Waals surface area (Å²) < 4.78 is 2.25. The van der Waals surface area contributed by atoms with E-state index < -0.39 is 0 Å². The Balaban J connectivity index is 1.61. The van der Waals surface area contributed by atoms with Gasteiger partial charge in [0, 0.05) is 22.0 Å². The molecule has 184 valence electrons. The molecule has 0 saturated carbocycles. The van der Waals surface area contributed by atoms with Crippen molar-refractivity contribution in [2.45, 2.75) is 34.6 Å². The van der Waals surface area contributed by atoms with Crippen molar-refractivity contribution in [3.05, 3.63) is 107 Å². The maximum atomic E-state index is 10.1. The molecule has 5 heteroatoms. The van der Waals surface area contributed by atoms with E-state index in [2.05, 4.69) is 101 Å². The molecule has 0 bridgehead atoms. The smallest absolute Gasteiger partial charge is 0.164 e. The quantitative estimate of drug-likeness (QED) is 0.253. The molecule has 5 nitrogen and oxygen atoms in total. The summed E-state index contributed by atoms with van der Waals surface area (Å²) in [6.45, 7) is 10.2. The first-order chi connectivity index (χ1) is 18.3. The summed E-state index contributed by atoms with van der Waals surface area (Å²) in [6.07, 6.45) is 0. The number of para-hydroxylation sites is 1. The molecule has 0 atom stereocenters. The summed E-state index contributed by atoms with van der Waals surface area (Å²) in [5.74, 6) is 1.79. The van der Waals surface area contributed by atoms with Gasteiger partial charge in [0.15, 0.2) is 5.82 Å². The Bertz CT molecular complexity index is 1890. The van der Waals surface area contributed by atoms with E-state index in [1.807, 2.05) is 32.0 Å². The van der Waals surface area contributed by atoms with Crippen LogP contribution in [0, 0.1) is 45.9 Å². The van der Waals surface area contributed by atoms with Crippen LogP contribution in [0.5, 0.6) is 0 Å². The van der Waals surface area contributed by atoms with Crippen molar-refractivity contribution < 1.29 is 0 Å². The second-order valence-corrected chi connectivity index (χ2v) is 9.95. The van der Waals surface area contributed by atoms with Gasteiger partial charge in [-0.15, -0.1) is 0 Å². The zero-order valence-corrected chi connectivity index (χ0v) is 22.2. The van der Waals surface area contributed by atoms with Gasteiger partial charge in [0.1, 0.15) is 11.6 Å². The lowest BCUT2D eigenvalue weighted by Gasteiger charge is -2.14. The summed E-state index contributed by atoms with van der Waals surface area (Å²) >= 11 is 0. The highest BCUT2D eigenvalue weighted by Gasteiger charge is 2.17. The average molecular weight is 494 g/mol. The number of hydrogen-bond donors (Lipinski definition) is 0. The lowest BCUT2D eigenvalue weighted by Crippen LogP contribution is -2.01. The molecule has 0 unspecified atom stereocenters. The molecule has 0 aliphatic rings. The van der Waals surface area contributed by atoms with E-state index in [1.165, 1.54) is 38.6 Å². The summed E-state index contributed by atoms with van der Waals surface area (Å²) in [6, 6.07) is 27.9. The highest BCUT2D eigenvalue weighted by molar-refractivity contribution is 6.10. The van der Waals surface area contributed by atoms with Gasteiger partial charge in [0.25, 0.3) is 0 Å². The third-order valence-corrected chi connectivity index (χ3v) is 7.12. The molecule has 0 fully saturated rings. The third-order valence-electron chi connectivity index (χ3n) is 7.12. The van der Waals surface area contributed by atoms with Gasteiger partial charge in [0.05, 0.1) is 22.7 Å². The Kier molecular flexibility index (Phi) is 5.54. The van der Waals surface area contributed by atoms with Gasteiger partial charge in [-0.3, -0.25) is 0 Å². The van der Waals surface area contributed by atoms with E-state index in [1.54, 1.807) is 0 Å². The maximum absolute atomic E-state index is 10.1. The van der Waals surface area contributed by atoms with Crippen LogP contribution in [0.1, 0.15) is 33.9 Å². The molecule has 0 aliphatic carbocycles. The molecular weight excluding hydrogens is 466 g/mol. The van der Waals surface area contributed by atoms with Crippen LogP contribution in [0.2, 0.25) is 0 Å².